The minimum absolute atomic E-state index is 0.149. The van der Waals surface area contributed by atoms with Crippen LogP contribution in [0, 0.1) is 11.8 Å². The molecule has 0 aliphatic carbocycles. The number of fused-ring (bicyclic) bond motifs is 1. The van der Waals surface area contributed by atoms with E-state index in [-0.39, 0.29) is 17.9 Å². The van der Waals surface area contributed by atoms with Gasteiger partial charge in [0.25, 0.3) is 0 Å². The zero-order chi connectivity index (χ0) is 22.0. The zero-order valence-corrected chi connectivity index (χ0v) is 17.3. The van der Waals surface area contributed by atoms with Gasteiger partial charge in [0.15, 0.2) is 5.65 Å². The van der Waals surface area contributed by atoms with Crippen LogP contribution in [0.25, 0.3) is 11.0 Å². The molecule has 1 fully saturated rings. The lowest BCUT2D eigenvalue weighted by molar-refractivity contribution is -0.128. The molecule has 4 rings (SSSR count). The van der Waals surface area contributed by atoms with Crippen molar-refractivity contribution in [2.75, 3.05) is 26.5 Å². The number of aromatic nitrogens is 4. The van der Waals surface area contributed by atoms with Crippen molar-refractivity contribution in [1.82, 2.24) is 24.6 Å². The van der Waals surface area contributed by atoms with Crippen LogP contribution in [-0.4, -0.2) is 51.3 Å². The first-order valence-electron chi connectivity index (χ1n) is 9.72. The van der Waals surface area contributed by atoms with Gasteiger partial charge in [-0.05, 0) is 37.0 Å². The van der Waals surface area contributed by atoms with Gasteiger partial charge < -0.3 is 20.1 Å². The quantitative estimate of drug-likeness (QED) is 0.511. The van der Waals surface area contributed by atoms with Gasteiger partial charge in [-0.2, -0.15) is 5.10 Å². The Morgan fingerprint density at radius 2 is 1.97 bits per heavy atom. The van der Waals surface area contributed by atoms with Crippen molar-refractivity contribution in [1.29, 1.82) is 0 Å². The zero-order valence-electron chi connectivity index (χ0n) is 17.3. The predicted molar refractivity (Wildman–Crippen MR) is 115 cm³/mol. The fourth-order valence-electron chi connectivity index (χ4n) is 3.68. The van der Waals surface area contributed by atoms with Crippen LogP contribution < -0.4 is 15.2 Å². The van der Waals surface area contributed by atoms with E-state index in [0.29, 0.717) is 40.3 Å². The molecule has 3 heterocycles. The number of amides is 1. The molecule has 0 spiro atoms. The van der Waals surface area contributed by atoms with E-state index in [1.54, 1.807) is 42.0 Å². The Labute approximate surface area is 179 Å². The third-order valence-electron chi connectivity index (χ3n) is 5.16. The number of nitrogens with two attached hydrogens (primary N) is 1. The number of hydrogen-bond acceptors (Lipinski definition) is 7. The second-order valence-corrected chi connectivity index (χ2v) is 6.96. The van der Waals surface area contributed by atoms with Crippen molar-refractivity contribution in [3.05, 3.63) is 48.4 Å². The summed E-state index contributed by atoms with van der Waals surface area (Å²) in [6.07, 6.45) is 4.02. The van der Waals surface area contributed by atoms with E-state index in [4.69, 9.17) is 15.2 Å². The SMILES string of the molecule is C=CC(=O)N1CCCC1n1nc(C#Cc2cc(OC)cc(OC)c2)c2c(N)ncnc21. The van der Waals surface area contributed by atoms with Crippen molar-refractivity contribution >= 4 is 22.8 Å². The first-order chi connectivity index (χ1) is 15.0. The molecule has 1 aliphatic rings. The van der Waals surface area contributed by atoms with Gasteiger partial charge >= 0.3 is 0 Å². The number of nitrogens with zero attached hydrogens (tertiary/aromatic N) is 5. The van der Waals surface area contributed by atoms with Crippen LogP contribution in [0.4, 0.5) is 5.82 Å². The molecule has 1 unspecified atom stereocenters. The molecule has 9 nitrogen and oxygen atoms in total. The highest BCUT2D eigenvalue weighted by molar-refractivity contribution is 5.91. The second-order valence-electron chi connectivity index (χ2n) is 6.96. The van der Waals surface area contributed by atoms with Crippen LogP contribution in [0.1, 0.15) is 30.3 Å². The Balaban J connectivity index is 1.82. The summed E-state index contributed by atoms with van der Waals surface area (Å²) < 4.78 is 12.3. The molecule has 31 heavy (non-hydrogen) atoms. The van der Waals surface area contributed by atoms with E-state index in [1.807, 2.05) is 0 Å². The fourth-order valence-corrected chi connectivity index (χ4v) is 3.68. The number of carbonyl (C=O) groups is 1. The van der Waals surface area contributed by atoms with Gasteiger partial charge in [-0.15, -0.1) is 0 Å². The van der Waals surface area contributed by atoms with Gasteiger partial charge in [0, 0.05) is 18.2 Å². The number of ether oxygens (including phenoxy) is 2. The molecular formula is C22H22N6O3. The normalized spacial score (nSPS) is 15.4. The molecular weight excluding hydrogens is 396 g/mol. The molecule has 158 valence electrons. The molecule has 1 aliphatic heterocycles. The Bertz CT molecular complexity index is 1200. The highest BCUT2D eigenvalue weighted by Gasteiger charge is 2.31. The molecule has 0 bridgehead atoms. The summed E-state index contributed by atoms with van der Waals surface area (Å²) >= 11 is 0. The van der Waals surface area contributed by atoms with Crippen molar-refractivity contribution in [3.8, 4) is 23.3 Å². The lowest BCUT2D eigenvalue weighted by Crippen LogP contribution is -2.32. The Morgan fingerprint density at radius 3 is 2.65 bits per heavy atom. The largest absolute Gasteiger partial charge is 0.497 e. The van der Waals surface area contributed by atoms with Crippen molar-refractivity contribution in [2.24, 2.45) is 0 Å². The molecule has 3 aromatic rings. The van der Waals surface area contributed by atoms with E-state index in [0.717, 1.165) is 12.8 Å². The number of hydrogen-bond donors (Lipinski definition) is 1. The highest BCUT2D eigenvalue weighted by atomic mass is 16.5. The number of anilines is 1. The molecule has 9 heteroatoms. The topological polar surface area (TPSA) is 108 Å². The van der Waals surface area contributed by atoms with Gasteiger partial charge in [0.05, 0.1) is 19.6 Å². The van der Waals surface area contributed by atoms with Gasteiger partial charge in [-0.25, -0.2) is 14.6 Å². The van der Waals surface area contributed by atoms with Crippen LogP contribution >= 0.6 is 0 Å². The molecule has 1 aromatic carbocycles. The Kier molecular flexibility index (Phi) is 5.45. The maximum Gasteiger partial charge on any atom is 0.247 e. The minimum Gasteiger partial charge on any atom is -0.497 e. The van der Waals surface area contributed by atoms with Crippen LogP contribution in [0.15, 0.2) is 37.2 Å². The van der Waals surface area contributed by atoms with Gasteiger partial charge in [-0.1, -0.05) is 12.5 Å². The number of carbonyl (C=O) groups excluding carboxylic acids is 1. The maximum atomic E-state index is 12.3. The lowest BCUT2D eigenvalue weighted by atomic mass is 10.2. The summed E-state index contributed by atoms with van der Waals surface area (Å²) in [5.41, 5.74) is 7.81. The second kappa shape index (κ2) is 8.36. The van der Waals surface area contributed by atoms with E-state index >= 15 is 0 Å². The fraction of sp³-hybridized carbons (Fsp3) is 0.273. The summed E-state index contributed by atoms with van der Waals surface area (Å²) in [5, 5.41) is 5.23. The highest BCUT2D eigenvalue weighted by Crippen LogP contribution is 2.31. The van der Waals surface area contributed by atoms with Crippen molar-refractivity contribution in [3.63, 3.8) is 0 Å². The molecule has 1 amide bonds. The van der Waals surface area contributed by atoms with Gasteiger partial charge in [-0.3, -0.25) is 4.79 Å². The standard InChI is InChI=1S/C22H22N6O3/c1-4-19(29)27-9-5-6-18(27)28-22-20(21(23)24-13-25-22)17(26-28)8-7-14-10-15(30-2)12-16(11-14)31-3/h4,10-13,18H,1,5-6,9H2,2-3H3,(H2,23,24,25). The Morgan fingerprint density at radius 1 is 1.23 bits per heavy atom. The number of rotatable bonds is 4. The third-order valence-corrected chi connectivity index (χ3v) is 5.16. The number of likely N-dealkylation sites (tertiary alicyclic amines) is 1. The predicted octanol–water partition coefficient (Wildman–Crippen LogP) is 2.13. The van der Waals surface area contributed by atoms with Crippen molar-refractivity contribution in [2.45, 2.75) is 19.0 Å². The third kappa shape index (κ3) is 3.75. The molecule has 2 aromatic heterocycles. The average Bonchev–Trinajstić information content (AvgIpc) is 3.42. The van der Waals surface area contributed by atoms with Gasteiger partial charge in [0.2, 0.25) is 5.91 Å². The maximum absolute atomic E-state index is 12.3. The molecule has 1 saturated heterocycles. The van der Waals surface area contributed by atoms with Gasteiger partial charge in [0.1, 0.15) is 35.5 Å². The smallest absolute Gasteiger partial charge is 0.247 e. The lowest BCUT2D eigenvalue weighted by Gasteiger charge is -2.23. The monoisotopic (exact) mass is 418 g/mol. The average molecular weight is 418 g/mol. The molecule has 1 atom stereocenters. The van der Waals surface area contributed by atoms with E-state index in [9.17, 15) is 4.79 Å². The first-order valence-corrected chi connectivity index (χ1v) is 9.72. The molecule has 0 saturated carbocycles. The molecule has 0 radical (unpaired) electrons. The number of benzene rings is 1. The Hall–Kier alpha value is -4.06. The molecule has 2 N–H and O–H groups in total. The summed E-state index contributed by atoms with van der Waals surface area (Å²) in [4.78, 5) is 22.5. The van der Waals surface area contributed by atoms with E-state index < -0.39 is 0 Å². The summed E-state index contributed by atoms with van der Waals surface area (Å²) in [6, 6.07) is 5.37. The number of methoxy groups -OCH3 is 2. The summed E-state index contributed by atoms with van der Waals surface area (Å²) in [5.74, 6) is 7.55. The van der Waals surface area contributed by atoms with Crippen LogP contribution in [0.2, 0.25) is 0 Å². The van der Waals surface area contributed by atoms with E-state index in [1.165, 1.54) is 12.4 Å². The van der Waals surface area contributed by atoms with Crippen LogP contribution in [-0.2, 0) is 4.79 Å². The number of nitrogen functional groups attached to an aromatic ring is 1. The summed E-state index contributed by atoms with van der Waals surface area (Å²) in [6.45, 7) is 4.22. The van der Waals surface area contributed by atoms with Crippen LogP contribution in [0.5, 0.6) is 11.5 Å². The van der Waals surface area contributed by atoms with Crippen molar-refractivity contribution < 1.29 is 14.3 Å². The van der Waals surface area contributed by atoms with Crippen LogP contribution in [0.3, 0.4) is 0 Å². The first kappa shape index (κ1) is 20.2. The van der Waals surface area contributed by atoms with E-state index in [2.05, 4.69) is 33.5 Å². The summed E-state index contributed by atoms with van der Waals surface area (Å²) in [7, 11) is 3.16. The minimum atomic E-state index is -0.283.